The lowest BCUT2D eigenvalue weighted by Gasteiger charge is -2.08. The third kappa shape index (κ3) is 2.36. The first-order valence-corrected chi connectivity index (χ1v) is 6.10. The number of pyridine rings is 1. The molecule has 5 heteroatoms. The van der Waals surface area contributed by atoms with Gasteiger partial charge in [0.1, 0.15) is 5.82 Å². The number of nitrogens with two attached hydrogens (primary N) is 2. The van der Waals surface area contributed by atoms with Crippen LogP contribution in [0, 0.1) is 6.92 Å². The summed E-state index contributed by atoms with van der Waals surface area (Å²) in [5, 5.41) is 0. The van der Waals surface area contributed by atoms with Crippen LogP contribution in [0.1, 0.15) is 21.5 Å². The Kier molecular flexibility index (Phi) is 3.34. The van der Waals surface area contributed by atoms with E-state index in [-0.39, 0.29) is 11.6 Å². The molecule has 0 aliphatic carbocycles. The number of nitrogen functional groups attached to an aromatic ring is 2. The molecule has 2 aromatic rings. The molecule has 0 amide bonds. The van der Waals surface area contributed by atoms with Gasteiger partial charge in [-0.1, -0.05) is 15.9 Å². The number of carbonyl (C=O) groups excluding carboxylic acids is 1. The number of hydrogen-bond donors (Lipinski definition) is 2. The van der Waals surface area contributed by atoms with Gasteiger partial charge in [0.2, 0.25) is 0 Å². The third-order valence-corrected chi connectivity index (χ3v) is 3.05. The number of rotatable bonds is 2. The van der Waals surface area contributed by atoms with Gasteiger partial charge in [-0.15, -0.1) is 0 Å². The molecule has 0 fully saturated rings. The number of carbonyl (C=O) groups is 1. The van der Waals surface area contributed by atoms with Crippen molar-refractivity contribution in [2.75, 3.05) is 11.5 Å². The highest BCUT2D eigenvalue weighted by molar-refractivity contribution is 9.10. The van der Waals surface area contributed by atoms with Gasteiger partial charge in [-0.2, -0.15) is 0 Å². The molecule has 4 N–H and O–H groups in total. The smallest absolute Gasteiger partial charge is 0.198 e. The van der Waals surface area contributed by atoms with Crippen LogP contribution in [0.3, 0.4) is 0 Å². The normalized spacial score (nSPS) is 10.3. The summed E-state index contributed by atoms with van der Waals surface area (Å²) in [6.07, 6.45) is 1.62. The molecule has 1 aromatic carbocycles. The second-order valence-electron chi connectivity index (χ2n) is 4.01. The van der Waals surface area contributed by atoms with Crippen LogP contribution in [0.25, 0.3) is 0 Å². The molecule has 0 aliphatic rings. The van der Waals surface area contributed by atoms with Crippen LogP contribution in [0.15, 0.2) is 34.9 Å². The van der Waals surface area contributed by atoms with Crippen molar-refractivity contribution in [1.82, 2.24) is 4.98 Å². The maximum atomic E-state index is 12.3. The maximum Gasteiger partial charge on any atom is 0.198 e. The molecule has 0 unspecified atom stereocenters. The summed E-state index contributed by atoms with van der Waals surface area (Å²) in [7, 11) is 0. The van der Waals surface area contributed by atoms with E-state index in [4.69, 9.17) is 11.5 Å². The second kappa shape index (κ2) is 4.78. The summed E-state index contributed by atoms with van der Waals surface area (Å²) < 4.78 is 0.826. The van der Waals surface area contributed by atoms with Crippen molar-refractivity contribution in [3.05, 3.63) is 51.6 Å². The Labute approximate surface area is 113 Å². The predicted octanol–water partition coefficient (Wildman–Crippen LogP) is 2.55. The van der Waals surface area contributed by atoms with Crippen LogP contribution in [-0.2, 0) is 0 Å². The molecule has 0 aliphatic heterocycles. The lowest BCUT2D eigenvalue weighted by atomic mass is 10.0. The molecule has 0 spiro atoms. The third-order valence-electron chi connectivity index (χ3n) is 2.56. The monoisotopic (exact) mass is 305 g/mol. The van der Waals surface area contributed by atoms with Gasteiger partial charge in [-0.3, -0.25) is 4.79 Å². The zero-order valence-corrected chi connectivity index (χ0v) is 11.4. The minimum absolute atomic E-state index is 0.214. The van der Waals surface area contributed by atoms with Crippen molar-refractivity contribution >= 4 is 33.2 Å². The SMILES string of the molecule is Cc1cnc(N)c(C(=O)c2ccc(Br)cc2N)c1. The van der Waals surface area contributed by atoms with Crippen LogP contribution in [0.4, 0.5) is 11.5 Å². The van der Waals surface area contributed by atoms with E-state index in [2.05, 4.69) is 20.9 Å². The fourth-order valence-electron chi connectivity index (χ4n) is 1.65. The lowest BCUT2D eigenvalue weighted by Crippen LogP contribution is -2.09. The molecule has 1 aromatic heterocycles. The molecule has 1 heterocycles. The molecule has 18 heavy (non-hydrogen) atoms. The van der Waals surface area contributed by atoms with Crippen LogP contribution >= 0.6 is 15.9 Å². The summed E-state index contributed by atoms with van der Waals surface area (Å²) in [6, 6.07) is 6.84. The summed E-state index contributed by atoms with van der Waals surface area (Å²) in [4.78, 5) is 16.3. The Morgan fingerprint density at radius 1 is 1.22 bits per heavy atom. The zero-order chi connectivity index (χ0) is 13.3. The number of aromatic nitrogens is 1. The largest absolute Gasteiger partial charge is 0.398 e. The van der Waals surface area contributed by atoms with Gasteiger partial charge in [0, 0.05) is 21.9 Å². The van der Waals surface area contributed by atoms with Crippen molar-refractivity contribution in [2.24, 2.45) is 0 Å². The van der Waals surface area contributed by atoms with Gasteiger partial charge >= 0.3 is 0 Å². The van der Waals surface area contributed by atoms with Crippen LogP contribution in [0.2, 0.25) is 0 Å². The van der Waals surface area contributed by atoms with E-state index >= 15 is 0 Å². The number of halogens is 1. The summed E-state index contributed by atoms with van der Waals surface area (Å²) >= 11 is 3.30. The molecule has 0 bridgehead atoms. The van der Waals surface area contributed by atoms with Crippen molar-refractivity contribution < 1.29 is 4.79 Å². The van der Waals surface area contributed by atoms with Gasteiger partial charge in [-0.25, -0.2) is 4.98 Å². The van der Waals surface area contributed by atoms with E-state index in [9.17, 15) is 4.79 Å². The van der Waals surface area contributed by atoms with E-state index < -0.39 is 0 Å². The van der Waals surface area contributed by atoms with Crippen molar-refractivity contribution in [3.8, 4) is 0 Å². The number of ketones is 1. The van der Waals surface area contributed by atoms with Crippen LogP contribution < -0.4 is 11.5 Å². The van der Waals surface area contributed by atoms with Gasteiger partial charge in [-0.05, 0) is 36.8 Å². The first-order chi connectivity index (χ1) is 8.49. The quantitative estimate of drug-likeness (QED) is 0.660. The molecular weight excluding hydrogens is 294 g/mol. The summed E-state index contributed by atoms with van der Waals surface area (Å²) in [5.41, 5.74) is 13.7. The Balaban J connectivity index is 2.51. The second-order valence-corrected chi connectivity index (χ2v) is 4.92. The highest BCUT2D eigenvalue weighted by Crippen LogP contribution is 2.23. The van der Waals surface area contributed by atoms with E-state index in [1.807, 2.05) is 6.92 Å². The highest BCUT2D eigenvalue weighted by atomic mass is 79.9. The fraction of sp³-hybridized carbons (Fsp3) is 0.0769. The van der Waals surface area contributed by atoms with E-state index in [1.54, 1.807) is 30.5 Å². The highest BCUT2D eigenvalue weighted by Gasteiger charge is 2.16. The molecule has 0 radical (unpaired) electrons. The van der Waals surface area contributed by atoms with Crippen LogP contribution in [-0.4, -0.2) is 10.8 Å². The first-order valence-electron chi connectivity index (χ1n) is 5.31. The average molecular weight is 306 g/mol. The number of nitrogens with zero attached hydrogens (tertiary/aromatic N) is 1. The number of benzene rings is 1. The number of hydrogen-bond acceptors (Lipinski definition) is 4. The van der Waals surface area contributed by atoms with E-state index in [0.29, 0.717) is 16.8 Å². The van der Waals surface area contributed by atoms with E-state index in [1.165, 1.54) is 0 Å². The molecule has 0 saturated carbocycles. The van der Waals surface area contributed by atoms with Gasteiger partial charge in [0.15, 0.2) is 5.78 Å². The topological polar surface area (TPSA) is 82.0 Å². The van der Waals surface area contributed by atoms with Gasteiger partial charge in [0.05, 0.1) is 5.56 Å². The Morgan fingerprint density at radius 2 is 1.94 bits per heavy atom. The van der Waals surface area contributed by atoms with Crippen molar-refractivity contribution in [2.45, 2.75) is 6.92 Å². The Hall–Kier alpha value is -1.88. The minimum Gasteiger partial charge on any atom is -0.398 e. The van der Waals surface area contributed by atoms with E-state index in [0.717, 1.165) is 10.0 Å². The Bertz CT molecular complexity index is 626. The molecular formula is C13H12BrN3O. The maximum absolute atomic E-state index is 12.3. The molecule has 0 atom stereocenters. The molecule has 92 valence electrons. The fourth-order valence-corrected chi connectivity index (χ4v) is 2.03. The number of aryl methyl sites for hydroxylation is 1. The Morgan fingerprint density at radius 3 is 2.61 bits per heavy atom. The lowest BCUT2D eigenvalue weighted by molar-refractivity contribution is 0.104. The zero-order valence-electron chi connectivity index (χ0n) is 9.77. The summed E-state index contributed by atoms with van der Waals surface area (Å²) in [6.45, 7) is 1.86. The van der Waals surface area contributed by atoms with Crippen molar-refractivity contribution in [3.63, 3.8) is 0 Å². The van der Waals surface area contributed by atoms with Crippen LogP contribution in [0.5, 0.6) is 0 Å². The minimum atomic E-state index is -0.214. The first kappa shape index (κ1) is 12.6. The standard InChI is InChI=1S/C13H12BrN3O/c1-7-4-10(13(16)17-6-7)12(18)9-3-2-8(14)5-11(9)15/h2-6H,15H2,1H3,(H2,16,17). The molecule has 2 rings (SSSR count). The van der Waals surface area contributed by atoms with Gasteiger partial charge in [0.25, 0.3) is 0 Å². The van der Waals surface area contributed by atoms with Crippen molar-refractivity contribution in [1.29, 1.82) is 0 Å². The summed E-state index contributed by atoms with van der Waals surface area (Å²) in [5.74, 6) is 0.00150. The predicted molar refractivity (Wildman–Crippen MR) is 75.4 cm³/mol. The average Bonchev–Trinajstić information content (AvgIpc) is 2.31. The molecule has 0 saturated heterocycles. The molecule has 4 nitrogen and oxygen atoms in total. The number of anilines is 2. The van der Waals surface area contributed by atoms with Gasteiger partial charge < -0.3 is 11.5 Å².